The molecular weight excluding hydrogens is 552 g/mol. The summed E-state index contributed by atoms with van der Waals surface area (Å²) in [7, 11) is 3.16. The van der Waals surface area contributed by atoms with Crippen LogP contribution in [-0.2, 0) is 4.74 Å². The highest BCUT2D eigenvalue weighted by molar-refractivity contribution is 9.09. The van der Waals surface area contributed by atoms with Gasteiger partial charge in [0.25, 0.3) is 5.91 Å². The second kappa shape index (κ2) is 12.9. The largest absolute Gasteiger partial charge is 0.497 e. The minimum absolute atomic E-state index is 0.0649. The van der Waals surface area contributed by atoms with Crippen LogP contribution in [0.15, 0.2) is 55.3 Å². The third-order valence-electron chi connectivity index (χ3n) is 6.62. The molecule has 4 rings (SSSR count). The van der Waals surface area contributed by atoms with E-state index in [9.17, 15) is 9.59 Å². The first-order valence-corrected chi connectivity index (χ1v) is 13.8. The van der Waals surface area contributed by atoms with E-state index in [0.29, 0.717) is 35.8 Å². The Kier molecular flexibility index (Phi) is 9.33. The lowest BCUT2D eigenvalue weighted by Crippen LogP contribution is -2.41. The van der Waals surface area contributed by atoms with Crippen LogP contribution >= 0.6 is 15.9 Å². The number of hydrogen-bond acceptors (Lipinski definition) is 6. The number of unbranched alkanes of at least 4 members (excludes halogenated alkanes) is 2. The molecule has 2 aliphatic heterocycles. The lowest BCUT2D eigenvalue weighted by atomic mass is 10.0. The Morgan fingerprint density at radius 3 is 2.58 bits per heavy atom. The van der Waals surface area contributed by atoms with Crippen LogP contribution in [0.5, 0.6) is 17.2 Å². The van der Waals surface area contributed by atoms with Crippen molar-refractivity contribution in [2.24, 2.45) is 0 Å². The van der Waals surface area contributed by atoms with Crippen molar-refractivity contribution in [3.8, 4) is 17.2 Å². The average Bonchev–Trinajstić information content (AvgIpc) is 3.33. The second-order valence-corrected chi connectivity index (χ2v) is 9.84. The van der Waals surface area contributed by atoms with Gasteiger partial charge in [0.05, 0.1) is 44.7 Å². The number of rotatable bonds is 11. The molecule has 9 heteroatoms. The molecule has 0 aromatic heterocycles. The summed E-state index contributed by atoms with van der Waals surface area (Å²) in [5, 5.41) is 0.950. The molecule has 2 aromatic carbocycles. The van der Waals surface area contributed by atoms with Gasteiger partial charge in [0.1, 0.15) is 12.4 Å². The fourth-order valence-corrected chi connectivity index (χ4v) is 5.05. The summed E-state index contributed by atoms with van der Waals surface area (Å²) < 4.78 is 22.3. The standard InChI is InChI=1S/C29H33BrN2O6/c1-4-13-38-29(34)32-19-22-15-21(20-8-10-23(35-2)11-9-20)18-31(22)28(33)24-16-26(36-3)27(17-25(24)32)37-14-7-5-6-12-30/h4,8-11,16-18,22H,1,5-7,12-15,19H2,2-3H3/t22-/m0/s1. The zero-order valence-corrected chi connectivity index (χ0v) is 23.4. The number of carbonyl (C=O) groups excluding carboxylic acids is 2. The molecule has 38 heavy (non-hydrogen) atoms. The number of benzene rings is 2. The Hall–Kier alpha value is -3.46. The first kappa shape index (κ1) is 27.6. The zero-order valence-electron chi connectivity index (χ0n) is 21.8. The Balaban J connectivity index is 1.69. The van der Waals surface area contributed by atoms with Crippen molar-refractivity contribution < 1.29 is 28.5 Å². The van der Waals surface area contributed by atoms with Crippen LogP contribution in [0.4, 0.5) is 10.5 Å². The van der Waals surface area contributed by atoms with Crippen LogP contribution in [0.1, 0.15) is 41.6 Å². The van der Waals surface area contributed by atoms with Crippen LogP contribution in [-0.4, -0.2) is 62.3 Å². The molecule has 202 valence electrons. The van der Waals surface area contributed by atoms with E-state index in [1.54, 1.807) is 24.1 Å². The van der Waals surface area contributed by atoms with Crippen molar-refractivity contribution in [1.82, 2.24) is 4.90 Å². The summed E-state index contributed by atoms with van der Waals surface area (Å²) in [4.78, 5) is 30.3. The quantitative estimate of drug-likeness (QED) is 0.182. The number of halogens is 1. The molecule has 0 N–H and O–H groups in total. The molecule has 0 saturated carbocycles. The van der Waals surface area contributed by atoms with Crippen molar-refractivity contribution in [3.63, 3.8) is 0 Å². The van der Waals surface area contributed by atoms with Gasteiger partial charge in [0.15, 0.2) is 11.5 Å². The predicted octanol–water partition coefficient (Wildman–Crippen LogP) is 6.05. The van der Waals surface area contributed by atoms with E-state index >= 15 is 0 Å². The van der Waals surface area contributed by atoms with Crippen molar-refractivity contribution in [2.75, 3.05) is 44.2 Å². The molecule has 2 amide bonds. The fraction of sp³-hybridized carbons (Fsp3) is 0.379. The minimum Gasteiger partial charge on any atom is -0.497 e. The molecule has 0 unspecified atom stereocenters. The van der Waals surface area contributed by atoms with E-state index in [2.05, 4.69) is 22.5 Å². The highest BCUT2D eigenvalue weighted by Gasteiger charge is 2.40. The second-order valence-electron chi connectivity index (χ2n) is 9.05. The summed E-state index contributed by atoms with van der Waals surface area (Å²) in [6.45, 7) is 4.47. The van der Waals surface area contributed by atoms with Crippen LogP contribution in [0.2, 0.25) is 0 Å². The fourth-order valence-electron chi connectivity index (χ4n) is 4.65. The molecule has 8 nitrogen and oxygen atoms in total. The third-order valence-corrected chi connectivity index (χ3v) is 7.18. The zero-order chi connectivity index (χ0) is 27.1. The summed E-state index contributed by atoms with van der Waals surface area (Å²) >= 11 is 3.44. The molecule has 1 atom stereocenters. The maximum Gasteiger partial charge on any atom is 0.414 e. The Bertz CT molecular complexity index is 1200. The van der Waals surface area contributed by atoms with Gasteiger partial charge in [-0.25, -0.2) is 4.79 Å². The Morgan fingerprint density at radius 2 is 1.89 bits per heavy atom. The van der Waals surface area contributed by atoms with E-state index in [1.807, 2.05) is 30.5 Å². The van der Waals surface area contributed by atoms with Gasteiger partial charge in [0.2, 0.25) is 0 Å². The number of nitrogens with zero attached hydrogens (tertiary/aromatic N) is 2. The Morgan fingerprint density at radius 1 is 1.11 bits per heavy atom. The lowest BCUT2D eigenvalue weighted by molar-refractivity contribution is 0.0794. The predicted molar refractivity (Wildman–Crippen MR) is 151 cm³/mol. The maximum atomic E-state index is 13.9. The van der Waals surface area contributed by atoms with Crippen LogP contribution in [0.25, 0.3) is 5.57 Å². The summed E-state index contributed by atoms with van der Waals surface area (Å²) in [6, 6.07) is 10.8. The number of alkyl halides is 1. The lowest BCUT2D eigenvalue weighted by Gasteiger charge is -2.26. The number of amides is 2. The van der Waals surface area contributed by atoms with E-state index < -0.39 is 6.09 Å². The number of hydrogen-bond donors (Lipinski definition) is 0. The SMILES string of the molecule is C=CCOC(=O)N1C[C@@H]2CC(c3ccc(OC)cc3)=CN2C(=O)c2cc(OC)c(OCCCCCBr)cc21. The van der Waals surface area contributed by atoms with Gasteiger partial charge in [-0.1, -0.05) is 40.7 Å². The van der Waals surface area contributed by atoms with E-state index in [0.717, 1.165) is 41.5 Å². The summed E-state index contributed by atoms with van der Waals surface area (Å²) in [5.41, 5.74) is 2.78. The minimum atomic E-state index is -0.549. The topological polar surface area (TPSA) is 77.5 Å². The smallest absolute Gasteiger partial charge is 0.414 e. The number of anilines is 1. The molecule has 2 aromatic rings. The van der Waals surface area contributed by atoms with E-state index in [-0.39, 0.29) is 25.1 Å². The number of methoxy groups -OCH3 is 2. The average molecular weight is 585 g/mol. The van der Waals surface area contributed by atoms with Gasteiger partial charge < -0.3 is 23.8 Å². The molecule has 0 spiro atoms. The molecule has 2 aliphatic rings. The van der Waals surface area contributed by atoms with E-state index in [4.69, 9.17) is 18.9 Å². The first-order chi connectivity index (χ1) is 18.5. The molecular formula is C29H33BrN2O6. The molecule has 0 aliphatic carbocycles. The summed E-state index contributed by atoms with van der Waals surface area (Å²) in [5.74, 6) is 1.47. The molecule has 0 radical (unpaired) electrons. The number of ether oxygens (including phenoxy) is 4. The van der Waals surface area contributed by atoms with Gasteiger partial charge >= 0.3 is 6.09 Å². The number of carbonyl (C=O) groups is 2. The molecule has 0 fully saturated rings. The molecule has 0 bridgehead atoms. The number of fused-ring (bicyclic) bond motifs is 2. The summed E-state index contributed by atoms with van der Waals surface area (Å²) in [6.07, 6.45) is 6.39. The van der Waals surface area contributed by atoms with Crippen molar-refractivity contribution >= 4 is 39.2 Å². The van der Waals surface area contributed by atoms with E-state index in [1.165, 1.54) is 18.1 Å². The third kappa shape index (κ3) is 5.99. The Labute approximate surface area is 231 Å². The normalized spacial score (nSPS) is 16.2. The first-order valence-electron chi connectivity index (χ1n) is 12.6. The van der Waals surface area contributed by atoms with Crippen molar-refractivity contribution in [2.45, 2.75) is 31.7 Å². The van der Waals surface area contributed by atoms with Gasteiger partial charge in [-0.15, -0.1) is 0 Å². The van der Waals surface area contributed by atoms with Gasteiger partial charge in [-0.3, -0.25) is 9.69 Å². The van der Waals surface area contributed by atoms with Crippen molar-refractivity contribution in [3.05, 3.63) is 66.4 Å². The van der Waals surface area contributed by atoms with Gasteiger partial charge in [0, 0.05) is 17.6 Å². The highest BCUT2D eigenvalue weighted by atomic mass is 79.9. The molecule has 2 heterocycles. The highest BCUT2D eigenvalue weighted by Crippen LogP contribution is 2.41. The van der Waals surface area contributed by atoms with Crippen LogP contribution in [0, 0.1) is 0 Å². The van der Waals surface area contributed by atoms with Crippen molar-refractivity contribution in [1.29, 1.82) is 0 Å². The van der Waals surface area contributed by atoms with Crippen LogP contribution in [0.3, 0.4) is 0 Å². The van der Waals surface area contributed by atoms with Gasteiger partial charge in [-0.2, -0.15) is 0 Å². The maximum absolute atomic E-state index is 13.9. The van der Waals surface area contributed by atoms with Crippen LogP contribution < -0.4 is 19.1 Å². The molecule has 0 saturated heterocycles. The van der Waals surface area contributed by atoms with Gasteiger partial charge in [-0.05, 0) is 55.0 Å². The monoisotopic (exact) mass is 584 g/mol.